The Balaban J connectivity index is 0.00000256. The van der Waals surface area contributed by atoms with Crippen molar-refractivity contribution in [3.8, 4) is 5.75 Å². The van der Waals surface area contributed by atoms with Gasteiger partial charge in [0.2, 0.25) is 0 Å². The lowest BCUT2D eigenvalue weighted by Crippen LogP contribution is -2.08. The minimum Gasteiger partial charge on any atom is -0.506 e. The molecule has 4 N–H and O–H groups in total. The molecule has 0 aliphatic rings. The smallest absolute Gasteiger partial charge is 0.339 e. The van der Waals surface area contributed by atoms with Crippen LogP contribution in [0.2, 0.25) is 0 Å². The molecule has 0 aliphatic heterocycles. The molecule has 0 bridgehead atoms. The lowest BCUT2D eigenvalue weighted by atomic mass is 10.0. The highest BCUT2D eigenvalue weighted by molar-refractivity contribution is 6.02. The van der Waals surface area contributed by atoms with E-state index in [9.17, 15) is 19.5 Å². The summed E-state index contributed by atoms with van der Waals surface area (Å²) in [6.45, 7) is 0. The summed E-state index contributed by atoms with van der Waals surface area (Å²) in [5.74, 6) is -5.67. The minimum absolute atomic E-state index is 0. The van der Waals surface area contributed by atoms with Crippen molar-refractivity contribution in [2.24, 2.45) is 0 Å². The van der Waals surface area contributed by atoms with Crippen molar-refractivity contribution in [2.45, 2.75) is 0 Å². The first-order chi connectivity index (χ1) is 7.34. The van der Waals surface area contributed by atoms with Gasteiger partial charge in [-0.2, -0.15) is 0 Å². The number of phenols is 1. The van der Waals surface area contributed by atoms with Gasteiger partial charge < -0.3 is 20.4 Å². The summed E-state index contributed by atoms with van der Waals surface area (Å²) in [4.78, 5) is 31.8. The molecule has 8 heteroatoms. The third-order valence-electron chi connectivity index (χ3n) is 1.82. The molecule has 1 aromatic rings. The molecule has 0 spiro atoms. The van der Waals surface area contributed by atoms with Crippen LogP contribution in [0, 0.1) is 0 Å². The first-order valence-corrected chi connectivity index (χ1v) is 3.91. The van der Waals surface area contributed by atoms with Gasteiger partial charge in [0.25, 0.3) is 0 Å². The minimum atomic E-state index is -1.61. The summed E-state index contributed by atoms with van der Waals surface area (Å²) in [6.07, 6.45) is 0. The lowest BCUT2D eigenvalue weighted by molar-refractivity contribution is 0.0691. The maximum Gasteiger partial charge on any atom is 0.339 e. The van der Waals surface area contributed by atoms with Gasteiger partial charge in [0, 0.05) is 23.1 Å². The number of hydrogen-bond donors (Lipinski definition) is 4. The van der Waals surface area contributed by atoms with Crippen molar-refractivity contribution in [3.63, 3.8) is 0 Å². The van der Waals surface area contributed by atoms with E-state index in [2.05, 4.69) is 0 Å². The number of aromatic carboxylic acids is 3. The zero-order valence-corrected chi connectivity index (χ0v) is 9.79. The topological polar surface area (TPSA) is 132 Å². The van der Waals surface area contributed by atoms with E-state index >= 15 is 0 Å². The van der Waals surface area contributed by atoms with Gasteiger partial charge in [-0.15, -0.1) is 0 Å². The van der Waals surface area contributed by atoms with Crippen LogP contribution in [0.1, 0.15) is 31.1 Å². The van der Waals surface area contributed by atoms with Crippen LogP contribution in [0.15, 0.2) is 12.1 Å². The molecule has 17 heavy (non-hydrogen) atoms. The molecule has 86 valence electrons. The van der Waals surface area contributed by atoms with Crippen LogP contribution in [0.4, 0.5) is 0 Å². The van der Waals surface area contributed by atoms with E-state index in [1.165, 1.54) is 0 Å². The predicted molar refractivity (Wildman–Crippen MR) is 54.7 cm³/mol. The molecule has 2 radical (unpaired) electrons. The molecule has 0 amide bonds. The van der Waals surface area contributed by atoms with E-state index in [0.29, 0.717) is 12.1 Å². The largest absolute Gasteiger partial charge is 0.506 e. The molecular formula is C9H6MgO7. The van der Waals surface area contributed by atoms with Crippen molar-refractivity contribution in [1.29, 1.82) is 0 Å². The van der Waals surface area contributed by atoms with Crippen LogP contribution >= 0.6 is 0 Å². The fraction of sp³-hybridized carbons (Fsp3) is 0. The van der Waals surface area contributed by atoms with Gasteiger partial charge in [0.1, 0.15) is 16.9 Å². The number of rotatable bonds is 3. The van der Waals surface area contributed by atoms with Crippen molar-refractivity contribution in [3.05, 3.63) is 28.8 Å². The van der Waals surface area contributed by atoms with Crippen LogP contribution in [-0.2, 0) is 0 Å². The zero-order valence-electron chi connectivity index (χ0n) is 8.38. The first kappa shape index (κ1) is 15.2. The zero-order chi connectivity index (χ0) is 12.5. The van der Waals surface area contributed by atoms with E-state index in [1.54, 1.807) is 0 Å². The molecule has 1 rings (SSSR count). The average Bonchev–Trinajstić information content (AvgIpc) is 2.16. The van der Waals surface area contributed by atoms with Gasteiger partial charge in [0.05, 0.1) is 5.56 Å². The SMILES string of the molecule is O=C(O)c1cc(C(=O)O)c(O)c(C(=O)O)c1.[Mg]. The average molecular weight is 250 g/mol. The van der Waals surface area contributed by atoms with E-state index in [4.69, 9.17) is 15.3 Å². The van der Waals surface area contributed by atoms with Crippen LogP contribution in [0.25, 0.3) is 0 Å². The van der Waals surface area contributed by atoms with Crippen molar-refractivity contribution in [2.75, 3.05) is 0 Å². The van der Waals surface area contributed by atoms with Gasteiger partial charge in [-0.25, -0.2) is 14.4 Å². The van der Waals surface area contributed by atoms with Crippen LogP contribution in [0.3, 0.4) is 0 Å². The first-order valence-electron chi connectivity index (χ1n) is 3.91. The Morgan fingerprint density at radius 2 is 1.18 bits per heavy atom. The third-order valence-corrected chi connectivity index (χ3v) is 1.82. The summed E-state index contributed by atoms with van der Waals surface area (Å²) in [7, 11) is 0. The number of hydrogen-bond acceptors (Lipinski definition) is 4. The van der Waals surface area contributed by atoms with Crippen LogP contribution < -0.4 is 0 Å². The standard InChI is InChI=1S/C9H6O7.Mg/c10-6-4(8(13)14)1-3(7(11)12)2-5(6)9(15)16;/h1-2,10H,(H,11,12)(H,13,14)(H,15,16);. The third kappa shape index (κ3) is 3.08. The van der Waals surface area contributed by atoms with Gasteiger partial charge in [-0.1, -0.05) is 0 Å². The Morgan fingerprint density at radius 1 is 0.824 bits per heavy atom. The molecule has 0 unspecified atom stereocenters. The quantitative estimate of drug-likeness (QED) is 0.559. The highest BCUT2D eigenvalue weighted by Gasteiger charge is 2.21. The summed E-state index contributed by atoms with van der Waals surface area (Å²) in [5.41, 5.74) is -2.05. The molecule has 0 saturated carbocycles. The molecule has 1 aromatic carbocycles. The number of aromatic hydroxyl groups is 1. The number of benzene rings is 1. The highest BCUT2D eigenvalue weighted by atomic mass is 24.3. The van der Waals surface area contributed by atoms with Gasteiger partial charge in [0.15, 0.2) is 0 Å². The Morgan fingerprint density at radius 3 is 1.41 bits per heavy atom. The molecule has 0 fully saturated rings. The number of carboxylic acids is 3. The van der Waals surface area contributed by atoms with E-state index in [-0.39, 0.29) is 23.1 Å². The van der Waals surface area contributed by atoms with E-state index in [1.807, 2.05) is 0 Å². The van der Waals surface area contributed by atoms with Gasteiger partial charge in [-0.05, 0) is 12.1 Å². The monoisotopic (exact) mass is 250 g/mol. The molecule has 0 saturated heterocycles. The fourth-order valence-electron chi connectivity index (χ4n) is 1.08. The molecule has 7 nitrogen and oxygen atoms in total. The second-order valence-electron chi connectivity index (χ2n) is 2.84. The highest BCUT2D eigenvalue weighted by Crippen LogP contribution is 2.24. The normalized spacial score (nSPS) is 9.18. The molecular weight excluding hydrogens is 244 g/mol. The molecule has 0 aliphatic carbocycles. The Hall–Kier alpha value is -1.80. The summed E-state index contributed by atoms with van der Waals surface area (Å²) in [6, 6.07) is 1.37. The summed E-state index contributed by atoms with van der Waals surface area (Å²) >= 11 is 0. The van der Waals surface area contributed by atoms with Crippen LogP contribution in [-0.4, -0.2) is 61.4 Å². The van der Waals surface area contributed by atoms with Crippen molar-refractivity contribution >= 4 is 41.0 Å². The van der Waals surface area contributed by atoms with Gasteiger partial charge >= 0.3 is 17.9 Å². The van der Waals surface area contributed by atoms with E-state index < -0.39 is 40.3 Å². The maximum absolute atomic E-state index is 10.6. The Kier molecular flexibility index (Phi) is 4.92. The molecule has 0 atom stereocenters. The summed E-state index contributed by atoms with van der Waals surface area (Å²) in [5, 5.41) is 35.2. The second kappa shape index (κ2) is 5.50. The van der Waals surface area contributed by atoms with Crippen molar-refractivity contribution in [1.82, 2.24) is 0 Å². The van der Waals surface area contributed by atoms with Crippen molar-refractivity contribution < 1.29 is 34.8 Å². The lowest BCUT2D eigenvalue weighted by Gasteiger charge is -2.05. The van der Waals surface area contributed by atoms with Crippen LogP contribution in [0.5, 0.6) is 5.75 Å². The number of carboxylic acid groups (broad SMARTS) is 3. The van der Waals surface area contributed by atoms with E-state index in [0.717, 1.165) is 0 Å². The number of carbonyl (C=O) groups is 3. The summed E-state index contributed by atoms with van der Waals surface area (Å²) < 4.78 is 0. The molecule has 0 aromatic heterocycles. The fourth-order valence-corrected chi connectivity index (χ4v) is 1.08. The maximum atomic E-state index is 10.6. The van der Waals surface area contributed by atoms with Gasteiger partial charge in [-0.3, -0.25) is 0 Å². The predicted octanol–water partition coefficient (Wildman–Crippen LogP) is 0.106. The Labute approximate surface area is 110 Å². The Bertz CT molecular complexity index is 459. The second-order valence-corrected chi connectivity index (χ2v) is 2.84. The molecule has 0 heterocycles.